The summed E-state index contributed by atoms with van der Waals surface area (Å²) in [6.45, 7) is 1.81. The van der Waals surface area contributed by atoms with E-state index in [1.165, 1.54) is 18.3 Å². The van der Waals surface area contributed by atoms with Crippen LogP contribution in [0.2, 0.25) is 5.02 Å². The van der Waals surface area contributed by atoms with Crippen molar-refractivity contribution in [2.45, 2.75) is 26.0 Å². The number of esters is 1. The third kappa shape index (κ3) is 5.38. The molecular weight excluding hydrogens is 404 g/mol. The number of rotatable bonds is 7. The second-order valence-electron chi connectivity index (χ2n) is 5.77. The maximum absolute atomic E-state index is 12.1. The van der Waals surface area contributed by atoms with Crippen LogP contribution < -0.4 is 5.32 Å². The number of ether oxygens (including phenoxy) is 1. The number of halogens is 1. The van der Waals surface area contributed by atoms with Gasteiger partial charge in [-0.25, -0.2) is 4.98 Å². The van der Waals surface area contributed by atoms with Crippen LogP contribution in [0.1, 0.15) is 18.2 Å². The van der Waals surface area contributed by atoms with E-state index in [0.717, 1.165) is 16.1 Å². The Morgan fingerprint density at radius 2 is 2.07 bits per heavy atom. The largest absolute Gasteiger partial charge is 0.452 e. The minimum Gasteiger partial charge on any atom is -0.452 e. The Morgan fingerprint density at radius 3 is 2.81 bits per heavy atom. The monoisotopic (exact) mass is 420 g/mol. The van der Waals surface area contributed by atoms with Gasteiger partial charge < -0.3 is 10.1 Å². The molecule has 8 heteroatoms. The number of thiophene rings is 1. The quantitative estimate of drug-likeness (QED) is 0.578. The van der Waals surface area contributed by atoms with Gasteiger partial charge in [-0.15, -0.1) is 11.3 Å². The van der Waals surface area contributed by atoms with Crippen LogP contribution in [0, 0.1) is 0 Å². The Balaban J connectivity index is 1.48. The first kappa shape index (κ1) is 19.5. The normalized spacial score (nSPS) is 11.8. The average molecular weight is 421 g/mol. The van der Waals surface area contributed by atoms with E-state index in [1.807, 2.05) is 40.4 Å². The molecule has 0 aliphatic heterocycles. The van der Waals surface area contributed by atoms with Crippen molar-refractivity contribution in [3.8, 4) is 10.6 Å². The molecule has 140 valence electrons. The van der Waals surface area contributed by atoms with Gasteiger partial charge in [-0.1, -0.05) is 29.8 Å². The van der Waals surface area contributed by atoms with Gasteiger partial charge in [0.15, 0.2) is 6.10 Å². The molecule has 27 heavy (non-hydrogen) atoms. The molecule has 0 aliphatic carbocycles. The van der Waals surface area contributed by atoms with Crippen molar-refractivity contribution < 1.29 is 14.3 Å². The molecule has 0 aliphatic rings. The fourth-order valence-corrected chi connectivity index (χ4v) is 4.05. The molecule has 0 saturated carbocycles. The van der Waals surface area contributed by atoms with Crippen molar-refractivity contribution >= 4 is 46.2 Å². The molecule has 2 heterocycles. The maximum atomic E-state index is 12.1. The van der Waals surface area contributed by atoms with Crippen LogP contribution >= 0.6 is 34.3 Å². The van der Waals surface area contributed by atoms with Gasteiger partial charge in [0.25, 0.3) is 5.91 Å². The van der Waals surface area contributed by atoms with Crippen LogP contribution in [-0.2, 0) is 27.3 Å². The van der Waals surface area contributed by atoms with Crippen molar-refractivity contribution in [2.75, 3.05) is 0 Å². The van der Waals surface area contributed by atoms with Gasteiger partial charge in [0, 0.05) is 27.9 Å². The second-order valence-corrected chi connectivity index (χ2v) is 7.82. The van der Waals surface area contributed by atoms with E-state index >= 15 is 0 Å². The minimum absolute atomic E-state index is 0.0305. The topological polar surface area (TPSA) is 68.3 Å². The van der Waals surface area contributed by atoms with Crippen LogP contribution in [0.25, 0.3) is 10.6 Å². The van der Waals surface area contributed by atoms with Gasteiger partial charge in [0.05, 0.1) is 12.1 Å². The SMILES string of the molecule is CC(OC(=O)Cc1csc(-c2ccsc2)n1)C(=O)NCc1ccccc1Cl. The van der Waals surface area contributed by atoms with Crippen molar-refractivity contribution in [1.29, 1.82) is 0 Å². The van der Waals surface area contributed by atoms with Gasteiger partial charge in [0.1, 0.15) is 5.01 Å². The molecule has 1 atom stereocenters. The fraction of sp³-hybridized carbons (Fsp3) is 0.211. The Labute approximate surface area is 170 Å². The smallest absolute Gasteiger partial charge is 0.312 e. The third-order valence-electron chi connectivity index (χ3n) is 3.73. The Bertz CT molecular complexity index is 925. The highest BCUT2D eigenvalue weighted by Gasteiger charge is 2.19. The number of nitrogens with one attached hydrogen (secondary N) is 1. The van der Waals surface area contributed by atoms with Crippen molar-refractivity contribution in [2.24, 2.45) is 0 Å². The average Bonchev–Trinajstić information content (AvgIpc) is 3.32. The summed E-state index contributed by atoms with van der Waals surface area (Å²) in [6, 6.07) is 9.23. The zero-order valence-corrected chi connectivity index (χ0v) is 16.9. The first-order valence-electron chi connectivity index (χ1n) is 8.20. The second kappa shape index (κ2) is 9.12. The number of thiazole rings is 1. The van der Waals surface area contributed by atoms with E-state index in [9.17, 15) is 9.59 Å². The van der Waals surface area contributed by atoms with Gasteiger partial charge in [-0.05, 0) is 30.0 Å². The summed E-state index contributed by atoms with van der Waals surface area (Å²) in [5.41, 5.74) is 2.47. The lowest BCUT2D eigenvalue weighted by molar-refractivity contribution is -0.154. The summed E-state index contributed by atoms with van der Waals surface area (Å²) in [7, 11) is 0. The molecule has 3 rings (SSSR count). The summed E-state index contributed by atoms with van der Waals surface area (Å²) in [5, 5.41) is 9.98. The molecule has 0 bridgehead atoms. The molecule has 0 radical (unpaired) electrons. The number of carbonyl (C=O) groups excluding carboxylic acids is 2. The highest BCUT2D eigenvalue weighted by Crippen LogP contribution is 2.25. The molecular formula is C19H17ClN2O3S2. The maximum Gasteiger partial charge on any atom is 0.312 e. The van der Waals surface area contributed by atoms with Gasteiger partial charge >= 0.3 is 5.97 Å². The Hall–Kier alpha value is -2.22. The molecule has 0 saturated heterocycles. The van der Waals surface area contributed by atoms with Gasteiger partial charge in [-0.2, -0.15) is 11.3 Å². The van der Waals surface area contributed by atoms with Gasteiger partial charge in [0.2, 0.25) is 0 Å². The van der Waals surface area contributed by atoms with Crippen molar-refractivity contribution in [1.82, 2.24) is 10.3 Å². The third-order valence-corrected chi connectivity index (χ3v) is 5.73. The van der Waals surface area contributed by atoms with E-state index in [0.29, 0.717) is 10.7 Å². The molecule has 1 aromatic carbocycles. The van der Waals surface area contributed by atoms with E-state index in [4.69, 9.17) is 16.3 Å². The molecule has 5 nitrogen and oxygen atoms in total. The summed E-state index contributed by atoms with van der Waals surface area (Å²) < 4.78 is 5.22. The van der Waals surface area contributed by atoms with Crippen LogP contribution in [0.15, 0.2) is 46.5 Å². The number of aromatic nitrogens is 1. The lowest BCUT2D eigenvalue weighted by atomic mass is 10.2. The van der Waals surface area contributed by atoms with E-state index < -0.39 is 12.1 Å². The fourth-order valence-electron chi connectivity index (χ4n) is 2.31. The van der Waals surface area contributed by atoms with Crippen LogP contribution in [0.5, 0.6) is 0 Å². The molecule has 2 aromatic heterocycles. The molecule has 0 fully saturated rings. The standard InChI is InChI=1S/C19H17ClN2O3S2/c1-12(18(24)21-9-13-4-2-3-5-16(13)20)25-17(23)8-15-11-27-19(22-15)14-6-7-26-10-14/h2-7,10-12H,8-9H2,1H3,(H,21,24). The number of carbonyl (C=O) groups is 2. The Morgan fingerprint density at radius 1 is 1.26 bits per heavy atom. The number of hydrogen-bond acceptors (Lipinski definition) is 6. The lowest BCUT2D eigenvalue weighted by Crippen LogP contribution is -2.35. The number of nitrogens with zero attached hydrogens (tertiary/aromatic N) is 1. The highest BCUT2D eigenvalue weighted by atomic mass is 35.5. The van der Waals surface area contributed by atoms with Crippen LogP contribution in [0.4, 0.5) is 0 Å². The van der Waals surface area contributed by atoms with Crippen LogP contribution in [-0.4, -0.2) is 23.0 Å². The lowest BCUT2D eigenvalue weighted by Gasteiger charge is -2.13. The van der Waals surface area contributed by atoms with Crippen molar-refractivity contribution in [3.05, 3.63) is 62.8 Å². The summed E-state index contributed by atoms with van der Waals surface area (Å²) >= 11 is 9.13. The van der Waals surface area contributed by atoms with Gasteiger partial charge in [-0.3, -0.25) is 9.59 Å². The first-order chi connectivity index (χ1) is 13.0. The van der Waals surface area contributed by atoms with Crippen molar-refractivity contribution in [3.63, 3.8) is 0 Å². The minimum atomic E-state index is -0.894. The predicted molar refractivity (Wildman–Crippen MR) is 108 cm³/mol. The Kier molecular flexibility index (Phi) is 6.60. The van der Waals surface area contributed by atoms with E-state index in [1.54, 1.807) is 17.4 Å². The summed E-state index contributed by atoms with van der Waals surface area (Å²) in [6.07, 6.45) is -0.863. The van der Waals surface area contributed by atoms with E-state index in [2.05, 4.69) is 10.3 Å². The molecule has 0 spiro atoms. The molecule has 1 amide bonds. The summed E-state index contributed by atoms with van der Waals surface area (Å²) in [5.74, 6) is -0.863. The number of amides is 1. The number of benzene rings is 1. The summed E-state index contributed by atoms with van der Waals surface area (Å²) in [4.78, 5) is 28.7. The van der Waals surface area contributed by atoms with Crippen LogP contribution in [0.3, 0.4) is 0 Å². The highest BCUT2D eigenvalue weighted by molar-refractivity contribution is 7.14. The molecule has 1 unspecified atom stereocenters. The molecule has 3 aromatic rings. The van der Waals surface area contributed by atoms with E-state index in [-0.39, 0.29) is 18.9 Å². The first-order valence-corrected chi connectivity index (χ1v) is 10.4. The zero-order chi connectivity index (χ0) is 19.2. The predicted octanol–water partition coefficient (Wildman–Crippen LogP) is 4.32. The number of hydrogen-bond donors (Lipinski definition) is 1. The zero-order valence-electron chi connectivity index (χ0n) is 14.5. The molecule has 1 N–H and O–H groups in total.